The number of rotatable bonds is 74. The number of aliphatic hydroxyl groups is 1. The summed E-state index contributed by atoms with van der Waals surface area (Å²) in [6, 6.07) is 0. The number of hydrogen-bond donors (Lipinski definition) is 3. The average Bonchev–Trinajstić information content (AvgIpc) is 0.918. The predicted molar refractivity (Wildman–Crippen MR) is 427 cm³/mol. The van der Waals surface area contributed by atoms with E-state index in [1.165, 1.54) is 57.8 Å². The van der Waals surface area contributed by atoms with Gasteiger partial charge in [-0.05, 0) is 161 Å². The van der Waals surface area contributed by atoms with Crippen LogP contribution in [0.5, 0.6) is 0 Å². The Kier molecular flexibility index (Phi) is 72.4. The summed E-state index contributed by atoms with van der Waals surface area (Å²) in [6.45, 7) is 4.55. The van der Waals surface area contributed by atoms with E-state index in [4.69, 9.17) is 37.0 Å². The highest BCUT2D eigenvalue weighted by atomic mass is 31.2. The molecule has 0 aliphatic heterocycles. The zero-order valence-electron chi connectivity index (χ0n) is 64.9. The number of aliphatic hydroxyl groups excluding tert-OH is 1. The van der Waals surface area contributed by atoms with Gasteiger partial charge >= 0.3 is 39.5 Å². The number of carbonyl (C=O) groups excluding carboxylic acids is 4. The first kappa shape index (κ1) is 98.9. The summed E-state index contributed by atoms with van der Waals surface area (Å²) in [5, 5.41) is 10.6. The number of phosphoric acid groups is 2. The molecule has 0 fully saturated rings. The maximum absolute atomic E-state index is 13.1. The Morgan fingerprint density at radius 1 is 0.279 bits per heavy atom. The van der Waals surface area contributed by atoms with Crippen LogP contribution in [0.25, 0.3) is 0 Å². The van der Waals surface area contributed by atoms with Gasteiger partial charge in [-0.3, -0.25) is 37.3 Å². The van der Waals surface area contributed by atoms with Crippen molar-refractivity contribution in [3.8, 4) is 0 Å². The number of unbranched alkanes of at least 4 members (excludes halogenated alkanes) is 24. The molecule has 594 valence electrons. The van der Waals surface area contributed by atoms with E-state index >= 15 is 0 Å². The van der Waals surface area contributed by atoms with Gasteiger partial charge in [0.05, 0.1) is 26.4 Å². The maximum atomic E-state index is 13.1. The standard InChI is InChI=1S/C85H142O17P2/c1-5-9-13-17-21-25-29-33-37-38-39-40-44-46-50-54-58-62-66-70-83(88)96-76-81(102-85(90)72-68-64-60-56-52-48-43-36-32-28-24-20-16-12-8-4)78-100-104(93,94)98-74-79(86)73-97-103(91,92)99-77-80(101-84(89)71-67-63-59-55-51-47-42-35-31-27-23-19-15-11-7-3)75-95-82(87)69-65-61-57-53-49-45-41-34-30-26-22-18-14-10-6-2/h9,13,21-28,33-37,39-43,46,50,58,62,79-81,86H,5-8,10-12,14-20,29-32,38,44-45,47-49,51-57,59-61,63-78H2,1-4H3,(H,91,92)(H,93,94)/b13-9-,25-21-,26-22-,27-23-,28-24-,37-33-,40-39-,41-34-,42-35-,43-36-,50-46-,62-58-/t79-,80-,81-/m1/s1. The van der Waals surface area contributed by atoms with Crippen LogP contribution in [0.3, 0.4) is 0 Å². The number of phosphoric ester groups is 2. The highest BCUT2D eigenvalue weighted by molar-refractivity contribution is 7.47. The van der Waals surface area contributed by atoms with E-state index in [-0.39, 0.29) is 25.7 Å². The number of carbonyl (C=O) groups is 4. The van der Waals surface area contributed by atoms with E-state index in [0.29, 0.717) is 32.1 Å². The monoisotopic (exact) mass is 1500 g/mol. The number of esters is 4. The third-order valence-corrected chi connectivity index (χ3v) is 18.2. The molecule has 0 saturated carbocycles. The molecule has 0 amide bonds. The van der Waals surface area contributed by atoms with Crippen LogP contribution >= 0.6 is 15.6 Å². The molecule has 0 aromatic heterocycles. The quantitative estimate of drug-likeness (QED) is 0.0169. The summed E-state index contributed by atoms with van der Waals surface area (Å²) in [5.74, 6) is -2.32. The number of allylic oxidation sites excluding steroid dienone is 24. The maximum Gasteiger partial charge on any atom is 0.472 e. The minimum absolute atomic E-state index is 0.0288. The van der Waals surface area contributed by atoms with Crippen LogP contribution in [0.1, 0.15) is 310 Å². The van der Waals surface area contributed by atoms with Gasteiger partial charge in [-0.1, -0.05) is 270 Å². The highest BCUT2D eigenvalue weighted by Crippen LogP contribution is 2.45. The average molecular weight is 1500 g/mol. The lowest BCUT2D eigenvalue weighted by Crippen LogP contribution is -2.30. The molecule has 0 bridgehead atoms. The van der Waals surface area contributed by atoms with Gasteiger partial charge in [-0.2, -0.15) is 0 Å². The summed E-state index contributed by atoms with van der Waals surface area (Å²) in [5.41, 5.74) is 0. The molecule has 19 heteroatoms. The topological polar surface area (TPSA) is 237 Å². The molecule has 0 rings (SSSR count). The molecule has 3 N–H and O–H groups in total. The molecule has 0 aromatic carbocycles. The van der Waals surface area contributed by atoms with Gasteiger partial charge in [0.1, 0.15) is 19.3 Å². The van der Waals surface area contributed by atoms with E-state index in [0.717, 1.165) is 167 Å². The Bertz CT molecular complexity index is 2540. The molecule has 0 aliphatic rings. The van der Waals surface area contributed by atoms with E-state index in [9.17, 15) is 43.2 Å². The zero-order chi connectivity index (χ0) is 76.0. The van der Waals surface area contributed by atoms with Gasteiger partial charge in [0.25, 0.3) is 0 Å². The van der Waals surface area contributed by atoms with Crippen LogP contribution in [-0.4, -0.2) is 96.7 Å². The second kappa shape index (κ2) is 76.1. The van der Waals surface area contributed by atoms with Crippen LogP contribution in [0.15, 0.2) is 146 Å². The van der Waals surface area contributed by atoms with E-state index in [1.54, 1.807) is 0 Å². The smallest absolute Gasteiger partial charge is 0.462 e. The van der Waals surface area contributed by atoms with Gasteiger partial charge in [-0.15, -0.1) is 0 Å². The molecular weight excluding hydrogens is 1350 g/mol. The van der Waals surface area contributed by atoms with Gasteiger partial charge in [0.15, 0.2) is 12.2 Å². The fraction of sp³-hybridized carbons (Fsp3) is 0.671. The number of hydrogen-bond acceptors (Lipinski definition) is 15. The van der Waals surface area contributed by atoms with E-state index in [1.807, 2.05) is 18.2 Å². The van der Waals surface area contributed by atoms with Crippen molar-refractivity contribution in [2.24, 2.45) is 0 Å². The third kappa shape index (κ3) is 75.2. The Balaban J connectivity index is 5.47. The minimum atomic E-state index is -5.00. The summed E-state index contributed by atoms with van der Waals surface area (Å²) < 4.78 is 68.5. The van der Waals surface area contributed by atoms with Crippen LogP contribution in [0.2, 0.25) is 0 Å². The molecule has 0 spiro atoms. The summed E-state index contributed by atoms with van der Waals surface area (Å²) in [7, 11) is -10.00. The Hall–Kier alpha value is -5.06. The lowest BCUT2D eigenvalue weighted by Gasteiger charge is -2.21. The van der Waals surface area contributed by atoms with Crippen molar-refractivity contribution in [1.82, 2.24) is 0 Å². The van der Waals surface area contributed by atoms with E-state index in [2.05, 4.69) is 155 Å². The lowest BCUT2D eigenvalue weighted by molar-refractivity contribution is -0.161. The van der Waals surface area contributed by atoms with Crippen molar-refractivity contribution in [2.45, 2.75) is 329 Å². The molecule has 0 aromatic rings. The molecule has 0 saturated heterocycles. The van der Waals surface area contributed by atoms with Gasteiger partial charge < -0.3 is 33.8 Å². The van der Waals surface area contributed by atoms with Crippen LogP contribution in [0, 0.1) is 0 Å². The van der Waals surface area contributed by atoms with Crippen molar-refractivity contribution in [3.63, 3.8) is 0 Å². The van der Waals surface area contributed by atoms with Crippen LogP contribution < -0.4 is 0 Å². The van der Waals surface area contributed by atoms with Crippen molar-refractivity contribution in [1.29, 1.82) is 0 Å². The van der Waals surface area contributed by atoms with Crippen molar-refractivity contribution in [3.05, 3.63) is 146 Å². The zero-order valence-corrected chi connectivity index (χ0v) is 66.7. The second-order valence-electron chi connectivity index (χ2n) is 26.3. The molecular formula is C85H142O17P2. The molecule has 0 radical (unpaired) electrons. The molecule has 5 atom stereocenters. The first-order valence-corrected chi connectivity index (χ1v) is 43.1. The SMILES string of the molecule is CC/C=C\C/C=C\C/C=C\C/C=C\C/C=C\C/C=C\CCC(=O)OC[C@H](COP(=O)(O)OC[C@H](O)COP(=O)(O)OC[C@@H](COC(=O)CCCCCCC/C=C\C/C=C\CCCCC)OC(=O)CCCCCCC/C=C\C/C=C\CCCCC)OC(=O)CCCCCCC/C=C\C/C=C\CCCCC. The largest absolute Gasteiger partial charge is 0.472 e. The first-order chi connectivity index (χ1) is 50.7. The van der Waals surface area contributed by atoms with Crippen molar-refractivity contribution in [2.75, 3.05) is 39.6 Å². The summed E-state index contributed by atoms with van der Waals surface area (Å²) in [4.78, 5) is 73.0. The lowest BCUT2D eigenvalue weighted by atomic mass is 10.1. The predicted octanol–water partition coefficient (Wildman–Crippen LogP) is 23.4. The molecule has 2 unspecified atom stereocenters. The highest BCUT2D eigenvalue weighted by Gasteiger charge is 2.30. The van der Waals surface area contributed by atoms with E-state index < -0.39 is 97.5 Å². The fourth-order valence-electron chi connectivity index (χ4n) is 10.2. The molecule has 0 heterocycles. The Labute approximate surface area is 630 Å². The Morgan fingerprint density at radius 2 is 0.519 bits per heavy atom. The molecule has 0 aliphatic carbocycles. The van der Waals surface area contributed by atoms with Crippen LogP contribution in [0.4, 0.5) is 0 Å². The van der Waals surface area contributed by atoms with Crippen molar-refractivity contribution < 1.29 is 80.2 Å². The first-order valence-electron chi connectivity index (χ1n) is 40.1. The number of ether oxygens (including phenoxy) is 4. The minimum Gasteiger partial charge on any atom is -0.462 e. The van der Waals surface area contributed by atoms with Gasteiger partial charge in [0.2, 0.25) is 0 Å². The summed E-state index contributed by atoms with van der Waals surface area (Å²) in [6.07, 6.45) is 86.9. The normalized spacial score (nSPS) is 14.6. The third-order valence-electron chi connectivity index (χ3n) is 16.3. The molecule has 17 nitrogen and oxygen atoms in total. The summed E-state index contributed by atoms with van der Waals surface area (Å²) >= 11 is 0. The molecule has 104 heavy (non-hydrogen) atoms. The van der Waals surface area contributed by atoms with Gasteiger partial charge in [-0.25, -0.2) is 9.13 Å². The Morgan fingerprint density at radius 3 is 0.827 bits per heavy atom. The van der Waals surface area contributed by atoms with Gasteiger partial charge in [0, 0.05) is 25.7 Å². The fourth-order valence-corrected chi connectivity index (χ4v) is 11.7. The van der Waals surface area contributed by atoms with Crippen LogP contribution in [-0.2, 0) is 65.4 Å². The second-order valence-corrected chi connectivity index (χ2v) is 29.2. The van der Waals surface area contributed by atoms with Crippen molar-refractivity contribution >= 4 is 39.5 Å².